The van der Waals surface area contributed by atoms with Crippen LogP contribution in [0.5, 0.6) is 0 Å². The zero-order chi connectivity index (χ0) is 21.0. The number of fused-ring (bicyclic) bond motifs is 3. The summed E-state index contributed by atoms with van der Waals surface area (Å²) in [7, 11) is 0. The molecule has 0 unspecified atom stereocenters. The van der Waals surface area contributed by atoms with Crippen molar-refractivity contribution in [2.45, 2.75) is 45.6 Å². The highest BCUT2D eigenvalue weighted by molar-refractivity contribution is 5.81. The van der Waals surface area contributed by atoms with E-state index in [-0.39, 0.29) is 12.5 Å². The summed E-state index contributed by atoms with van der Waals surface area (Å²) in [4.78, 5) is 23.9. The predicted octanol–water partition coefficient (Wildman–Crippen LogP) is 5.05. The molecule has 0 aliphatic heterocycles. The average molecular weight is 395 g/mol. The Morgan fingerprint density at radius 2 is 1.52 bits per heavy atom. The maximum atomic E-state index is 12.3. The van der Waals surface area contributed by atoms with Crippen LogP contribution in [-0.4, -0.2) is 29.8 Å². The van der Waals surface area contributed by atoms with E-state index in [0.717, 1.165) is 28.7 Å². The first-order valence-electron chi connectivity index (χ1n) is 10.2. The number of hydrogen-bond acceptors (Lipinski definition) is 3. The maximum absolute atomic E-state index is 12.3. The Labute approximate surface area is 172 Å². The van der Waals surface area contributed by atoms with E-state index in [9.17, 15) is 14.7 Å². The molecule has 0 aromatic heterocycles. The SMILES string of the molecule is CC(C)[C@H](C)CC[C@H](NC(=O)OCC1c2ccccc2-c2ccccc21)C(=O)O. The lowest BCUT2D eigenvalue weighted by Gasteiger charge is -2.20. The third kappa shape index (κ3) is 4.78. The number of carbonyl (C=O) groups excluding carboxylic acids is 1. The second-order valence-electron chi connectivity index (χ2n) is 8.16. The third-order valence-corrected chi connectivity index (χ3v) is 5.98. The van der Waals surface area contributed by atoms with Crippen molar-refractivity contribution in [2.75, 3.05) is 6.61 Å². The average Bonchev–Trinajstić information content (AvgIpc) is 3.03. The molecule has 2 atom stereocenters. The molecule has 0 heterocycles. The van der Waals surface area contributed by atoms with Gasteiger partial charge >= 0.3 is 12.1 Å². The first kappa shape index (κ1) is 20.9. The van der Waals surface area contributed by atoms with Gasteiger partial charge in [-0.15, -0.1) is 0 Å². The Morgan fingerprint density at radius 1 is 0.966 bits per heavy atom. The quantitative estimate of drug-likeness (QED) is 0.656. The highest BCUT2D eigenvalue weighted by Crippen LogP contribution is 2.44. The van der Waals surface area contributed by atoms with Gasteiger partial charge in [0.25, 0.3) is 0 Å². The van der Waals surface area contributed by atoms with Gasteiger partial charge in [0.1, 0.15) is 12.6 Å². The van der Waals surface area contributed by atoms with E-state index in [4.69, 9.17) is 4.74 Å². The Balaban J connectivity index is 1.62. The molecule has 3 rings (SSSR count). The Morgan fingerprint density at radius 3 is 2.03 bits per heavy atom. The number of benzene rings is 2. The van der Waals surface area contributed by atoms with Crippen molar-refractivity contribution in [3.63, 3.8) is 0 Å². The molecule has 0 spiro atoms. The number of alkyl carbamates (subject to hydrolysis) is 1. The zero-order valence-electron chi connectivity index (χ0n) is 17.2. The molecule has 1 aliphatic carbocycles. The predicted molar refractivity (Wildman–Crippen MR) is 113 cm³/mol. The van der Waals surface area contributed by atoms with Crippen molar-refractivity contribution in [1.29, 1.82) is 0 Å². The van der Waals surface area contributed by atoms with Crippen molar-refractivity contribution in [1.82, 2.24) is 5.32 Å². The number of nitrogens with one attached hydrogen (secondary N) is 1. The normalized spacial score (nSPS) is 14.8. The summed E-state index contributed by atoms with van der Waals surface area (Å²) < 4.78 is 5.46. The number of carboxylic acids is 1. The lowest BCUT2D eigenvalue weighted by molar-refractivity contribution is -0.139. The van der Waals surface area contributed by atoms with Crippen LogP contribution in [-0.2, 0) is 9.53 Å². The minimum Gasteiger partial charge on any atom is -0.480 e. The van der Waals surface area contributed by atoms with Crippen LogP contribution in [0.3, 0.4) is 0 Å². The second kappa shape index (κ2) is 9.12. The number of ether oxygens (including phenoxy) is 1. The molecule has 0 bridgehead atoms. The monoisotopic (exact) mass is 395 g/mol. The zero-order valence-corrected chi connectivity index (χ0v) is 17.2. The maximum Gasteiger partial charge on any atom is 0.407 e. The summed E-state index contributed by atoms with van der Waals surface area (Å²) in [6.45, 7) is 6.49. The fraction of sp³-hybridized carbons (Fsp3) is 0.417. The van der Waals surface area contributed by atoms with Gasteiger partial charge in [-0.2, -0.15) is 0 Å². The highest BCUT2D eigenvalue weighted by atomic mass is 16.5. The molecule has 2 N–H and O–H groups in total. The van der Waals surface area contributed by atoms with Crippen molar-refractivity contribution in [3.05, 3.63) is 59.7 Å². The Bertz CT molecular complexity index is 831. The highest BCUT2D eigenvalue weighted by Gasteiger charge is 2.29. The lowest BCUT2D eigenvalue weighted by Crippen LogP contribution is -2.41. The number of carboxylic acid groups (broad SMARTS) is 1. The minimum atomic E-state index is -1.03. The Hall–Kier alpha value is -2.82. The van der Waals surface area contributed by atoms with Gasteiger partial charge in [0.2, 0.25) is 0 Å². The smallest absolute Gasteiger partial charge is 0.407 e. The van der Waals surface area contributed by atoms with E-state index < -0.39 is 18.1 Å². The molecule has 2 aromatic rings. The van der Waals surface area contributed by atoms with Gasteiger partial charge in [0.05, 0.1) is 0 Å². The summed E-state index contributed by atoms with van der Waals surface area (Å²) >= 11 is 0. The number of rotatable bonds is 8. The molecule has 5 heteroatoms. The molecule has 0 saturated carbocycles. The van der Waals surface area contributed by atoms with Gasteiger partial charge in [-0.1, -0.05) is 69.3 Å². The standard InChI is InChI=1S/C24H29NO4/c1-15(2)16(3)12-13-22(23(26)27)25-24(28)29-14-21-19-10-6-4-8-17(19)18-9-5-7-11-20(18)21/h4-11,15-16,21-22H,12-14H2,1-3H3,(H,25,28)(H,26,27)/t16-,22+/m1/s1. The summed E-state index contributed by atoms with van der Waals surface area (Å²) in [6.07, 6.45) is 0.438. The largest absolute Gasteiger partial charge is 0.480 e. The van der Waals surface area contributed by atoms with Gasteiger partial charge in [0, 0.05) is 5.92 Å². The fourth-order valence-corrected chi connectivity index (χ4v) is 3.80. The molecular weight excluding hydrogens is 366 g/mol. The fourth-order valence-electron chi connectivity index (χ4n) is 3.80. The number of aliphatic carboxylic acids is 1. The molecule has 1 amide bonds. The Kier molecular flexibility index (Phi) is 6.57. The van der Waals surface area contributed by atoms with Crippen LogP contribution in [0.4, 0.5) is 4.79 Å². The van der Waals surface area contributed by atoms with Gasteiger partial charge in [-0.3, -0.25) is 0 Å². The number of amides is 1. The molecule has 5 nitrogen and oxygen atoms in total. The number of hydrogen-bond donors (Lipinski definition) is 2. The first-order valence-corrected chi connectivity index (χ1v) is 10.2. The number of carbonyl (C=O) groups is 2. The van der Waals surface area contributed by atoms with Gasteiger partial charge in [-0.25, -0.2) is 9.59 Å². The van der Waals surface area contributed by atoms with E-state index in [1.807, 2.05) is 24.3 Å². The van der Waals surface area contributed by atoms with Gasteiger partial charge in [0.15, 0.2) is 0 Å². The third-order valence-electron chi connectivity index (χ3n) is 5.98. The molecule has 0 saturated heterocycles. The minimum absolute atomic E-state index is 0.0441. The van der Waals surface area contributed by atoms with Crippen LogP contribution in [0, 0.1) is 11.8 Å². The van der Waals surface area contributed by atoms with Gasteiger partial charge in [-0.05, 0) is 46.9 Å². The van der Waals surface area contributed by atoms with E-state index in [1.165, 1.54) is 0 Å². The van der Waals surface area contributed by atoms with E-state index in [0.29, 0.717) is 18.3 Å². The van der Waals surface area contributed by atoms with Crippen LogP contribution in [0.2, 0.25) is 0 Å². The molecule has 0 radical (unpaired) electrons. The van der Waals surface area contributed by atoms with Crippen LogP contribution in [0.15, 0.2) is 48.5 Å². The van der Waals surface area contributed by atoms with Crippen molar-refractivity contribution in [3.8, 4) is 11.1 Å². The molecule has 29 heavy (non-hydrogen) atoms. The van der Waals surface area contributed by atoms with Crippen LogP contribution >= 0.6 is 0 Å². The van der Waals surface area contributed by atoms with E-state index >= 15 is 0 Å². The molecule has 0 fully saturated rings. The van der Waals surface area contributed by atoms with Crippen LogP contribution in [0.25, 0.3) is 11.1 Å². The lowest BCUT2D eigenvalue weighted by atomic mass is 9.91. The van der Waals surface area contributed by atoms with Crippen molar-refractivity contribution < 1.29 is 19.4 Å². The summed E-state index contributed by atoms with van der Waals surface area (Å²) in [5.41, 5.74) is 4.57. The van der Waals surface area contributed by atoms with Crippen molar-refractivity contribution >= 4 is 12.1 Å². The topological polar surface area (TPSA) is 75.6 Å². The first-order chi connectivity index (χ1) is 13.9. The van der Waals surface area contributed by atoms with E-state index in [1.54, 1.807) is 0 Å². The van der Waals surface area contributed by atoms with E-state index in [2.05, 4.69) is 50.4 Å². The summed E-state index contributed by atoms with van der Waals surface area (Å²) in [5.74, 6) is -0.216. The molecular formula is C24H29NO4. The molecule has 1 aliphatic rings. The molecule has 154 valence electrons. The van der Waals surface area contributed by atoms with Crippen LogP contribution in [0.1, 0.15) is 50.7 Å². The second-order valence-corrected chi connectivity index (χ2v) is 8.16. The summed E-state index contributed by atoms with van der Waals surface area (Å²) in [6, 6.07) is 15.3. The van der Waals surface area contributed by atoms with Crippen molar-refractivity contribution in [2.24, 2.45) is 11.8 Å². The summed E-state index contributed by atoms with van der Waals surface area (Å²) in [5, 5.41) is 12.0. The van der Waals surface area contributed by atoms with Gasteiger partial charge < -0.3 is 15.2 Å². The van der Waals surface area contributed by atoms with Crippen LogP contribution < -0.4 is 5.32 Å². The molecule has 2 aromatic carbocycles.